The highest BCUT2D eigenvalue weighted by atomic mass is 35.5. The average Bonchev–Trinajstić information content (AvgIpc) is 3.18. The number of fused-ring (bicyclic) bond motifs is 2. The van der Waals surface area contributed by atoms with E-state index < -0.39 is 0 Å². The van der Waals surface area contributed by atoms with Crippen LogP contribution in [0.1, 0.15) is 37.4 Å². The van der Waals surface area contributed by atoms with E-state index in [-0.39, 0.29) is 5.91 Å². The zero-order valence-corrected chi connectivity index (χ0v) is 20.9. The van der Waals surface area contributed by atoms with E-state index in [1.165, 1.54) is 19.3 Å². The Balaban J connectivity index is 1.26. The molecule has 0 aromatic carbocycles. The van der Waals surface area contributed by atoms with E-state index in [4.69, 9.17) is 11.6 Å². The topological polar surface area (TPSA) is 44.1 Å². The summed E-state index contributed by atoms with van der Waals surface area (Å²) in [6.45, 7) is 7.32. The van der Waals surface area contributed by atoms with E-state index in [1.807, 2.05) is 60.3 Å². The summed E-state index contributed by atoms with van der Waals surface area (Å²) in [7, 11) is 0. The largest absolute Gasteiger partial charge is 0.367 e. The molecule has 0 spiro atoms. The lowest BCUT2D eigenvalue weighted by Crippen LogP contribution is -2.56. The monoisotopic (exact) mass is 487 g/mol. The van der Waals surface area contributed by atoms with Crippen molar-refractivity contribution in [2.45, 2.75) is 45.2 Å². The molecule has 1 amide bonds. The minimum atomic E-state index is -0.0726. The Kier molecular flexibility index (Phi) is 5.66. The molecule has 2 fully saturated rings. The Morgan fingerprint density at radius 2 is 1.91 bits per heavy atom. The molecule has 4 aliphatic rings. The highest BCUT2D eigenvalue weighted by Gasteiger charge is 2.33. The maximum Gasteiger partial charge on any atom is 0.255 e. The molecular weight excluding hydrogens is 458 g/mol. The second-order valence-electron chi connectivity index (χ2n) is 9.95. The number of imidazole rings is 1. The van der Waals surface area contributed by atoms with Crippen molar-refractivity contribution in [2.75, 3.05) is 19.6 Å². The molecule has 2 aromatic heterocycles. The molecule has 1 atom stereocenters. The summed E-state index contributed by atoms with van der Waals surface area (Å²) >= 11 is 6.50. The Bertz CT molecular complexity index is 1340. The van der Waals surface area contributed by atoms with E-state index in [0.717, 1.165) is 59.5 Å². The minimum Gasteiger partial charge on any atom is -0.367 e. The average molecular weight is 488 g/mol. The molecule has 1 aliphatic carbocycles. The number of aromatic nitrogens is 2. The minimum absolute atomic E-state index is 0.0726. The number of nitrogens with zero attached hydrogens (tertiary/aromatic N) is 5. The van der Waals surface area contributed by atoms with Crippen molar-refractivity contribution in [3.05, 3.63) is 88.8 Å². The number of carbonyl (C=O) groups excluding carboxylic acids is 1. The third-order valence-electron chi connectivity index (χ3n) is 7.57. The predicted octanol–water partition coefficient (Wildman–Crippen LogP) is 4.93. The van der Waals surface area contributed by atoms with E-state index in [9.17, 15) is 4.79 Å². The third kappa shape index (κ3) is 4.15. The fraction of sp³-hybridized carbons (Fsp3) is 0.357. The molecule has 6 rings (SSSR count). The number of carbonyl (C=O) groups is 1. The first-order chi connectivity index (χ1) is 17.0. The van der Waals surface area contributed by atoms with Crippen molar-refractivity contribution in [3.8, 4) is 0 Å². The summed E-state index contributed by atoms with van der Waals surface area (Å²) < 4.78 is 1.91. The van der Waals surface area contributed by atoms with Crippen LogP contribution >= 0.6 is 11.6 Å². The maximum atomic E-state index is 13.4. The van der Waals surface area contributed by atoms with Gasteiger partial charge in [-0.1, -0.05) is 30.2 Å². The molecule has 180 valence electrons. The van der Waals surface area contributed by atoms with Crippen molar-refractivity contribution in [2.24, 2.45) is 0 Å². The van der Waals surface area contributed by atoms with Crippen LogP contribution in [-0.2, 0) is 4.79 Å². The van der Waals surface area contributed by atoms with Gasteiger partial charge in [0.15, 0.2) is 5.65 Å². The Hall–Kier alpha value is -3.09. The Labute approximate surface area is 211 Å². The number of pyridine rings is 1. The van der Waals surface area contributed by atoms with Crippen molar-refractivity contribution in [3.63, 3.8) is 0 Å². The van der Waals surface area contributed by atoms with Crippen molar-refractivity contribution < 1.29 is 4.79 Å². The second-order valence-corrected chi connectivity index (χ2v) is 10.4. The van der Waals surface area contributed by atoms with Crippen molar-refractivity contribution in [1.82, 2.24) is 24.1 Å². The normalized spacial score (nSPS) is 27.3. The molecule has 0 bridgehead atoms. The lowest BCUT2D eigenvalue weighted by molar-refractivity contribution is -0.122. The van der Waals surface area contributed by atoms with Crippen LogP contribution in [0.5, 0.6) is 0 Å². The van der Waals surface area contributed by atoms with Gasteiger partial charge in [-0.05, 0) is 56.6 Å². The van der Waals surface area contributed by atoms with Gasteiger partial charge in [-0.3, -0.25) is 14.6 Å². The molecular formula is C28H30ClN5O. The van der Waals surface area contributed by atoms with Crippen LogP contribution in [0.4, 0.5) is 0 Å². The van der Waals surface area contributed by atoms with Gasteiger partial charge in [-0.15, -0.1) is 0 Å². The number of piperazine rings is 1. The number of halogens is 1. The van der Waals surface area contributed by atoms with Crippen LogP contribution < -0.4 is 0 Å². The number of hydrogen-bond donors (Lipinski definition) is 0. The van der Waals surface area contributed by atoms with Gasteiger partial charge in [0, 0.05) is 67.6 Å². The number of rotatable bonds is 3. The van der Waals surface area contributed by atoms with Gasteiger partial charge in [0.05, 0.1) is 16.4 Å². The van der Waals surface area contributed by atoms with Gasteiger partial charge in [0.1, 0.15) is 0 Å². The molecule has 7 heteroatoms. The second kappa shape index (κ2) is 8.85. The van der Waals surface area contributed by atoms with Gasteiger partial charge in [0.2, 0.25) is 0 Å². The molecule has 5 heterocycles. The van der Waals surface area contributed by atoms with Crippen LogP contribution in [0.25, 0.3) is 11.2 Å². The lowest BCUT2D eigenvalue weighted by atomic mass is 9.89. The zero-order chi connectivity index (χ0) is 24.1. The summed E-state index contributed by atoms with van der Waals surface area (Å²) in [6, 6.07) is 3.16. The molecule has 1 saturated heterocycles. The van der Waals surface area contributed by atoms with Gasteiger partial charge in [0.25, 0.3) is 5.91 Å². The molecule has 2 aromatic rings. The summed E-state index contributed by atoms with van der Waals surface area (Å²) in [5.41, 5.74) is 5.26. The standard InChI is InChI=1S/C28H30ClN5O/c1-19-15-32-17-22(13-26(29)28(32)30-19)21-5-3-6-24-9-10-25(18-34(24)27(35)14-21)31-11-12-33(20(2)16-31)23-7-4-8-23/h3,5-6,9-10,13-15,17-18,20,23H,4,7-8,11-12,16H2,1-2H3/b5-3+,21-14+,24-6+/t20-/m0/s1. The first kappa shape index (κ1) is 22.4. The van der Waals surface area contributed by atoms with Gasteiger partial charge in [-0.25, -0.2) is 4.98 Å². The SMILES string of the molecule is Cc1cn2cc(C3=C\C(=O)N4C=C(N5CCN(C6CCC6)[C@@H](C)C5)C=C\C4=C/C=C/3)cc(Cl)c2n1. The third-order valence-corrected chi connectivity index (χ3v) is 7.85. The predicted molar refractivity (Wildman–Crippen MR) is 140 cm³/mol. The summed E-state index contributed by atoms with van der Waals surface area (Å²) in [5, 5.41) is 0.564. The molecule has 3 aliphatic heterocycles. The fourth-order valence-electron chi connectivity index (χ4n) is 5.50. The van der Waals surface area contributed by atoms with Gasteiger partial charge < -0.3 is 9.30 Å². The first-order valence-corrected chi connectivity index (χ1v) is 12.8. The lowest BCUT2D eigenvalue weighted by Gasteiger charge is -2.48. The van der Waals surface area contributed by atoms with Crippen molar-refractivity contribution in [1.29, 1.82) is 0 Å². The fourth-order valence-corrected chi connectivity index (χ4v) is 5.76. The van der Waals surface area contributed by atoms with Crippen LogP contribution in [-0.4, -0.2) is 61.7 Å². The maximum absolute atomic E-state index is 13.4. The van der Waals surface area contributed by atoms with Crippen LogP contribution in [0, 0.1) is 6.92 Å². The Morgan fingerprint density at radius 3 is 2.69 bits per heavy atom. The van der Waals surface area contributed by atoms with E-state index in [2.05, 4.69) is 27.8 Å². The van der Waals surface area contributed by atoms with Gasteiger partial charge in [-0.2, -0.15) is 0 Å². The molecule has 35 heavy (non-hydrogen) atoms. The molecule has 1 saturated carbocycles. The van der Waals surface area contributed by atoms with Crippen LogP contribution in [0.3, 0.4) is 0 Å². The number of hydrogen-bond acceptors (Lipinski definition) is 4. The van der Waals surface area contributed by atoms with Crippen molar-refractivity contribution >= 4 is 28.7 Å². The highest BCUT2D eigenvalue weighted by molar-refractivity contribution is 6.33. The van der Waals surface area contributed by atoms with E-state index >= 15 is 0 Å². The van der Waals surface area contributed by atoms with Gasteiger partial charge >= 0.3 is 0 Å². The smallest absolute Gasteiger partial charge is 0.255 e. The number of aryl methyl sites for hydroxylation is 1. The highest BCUT2D eigenvalue weighted by Crippen LogP contribution is 2.31. The van der Waals surface area contributed by atoms with E-state index in [1.54, 1.807) is 11.0 Å². The van der Waals surface area contributed by atoms with E-state index in [0.29, 0.717) is 11.1 Å². The number of amides is 1. The quantitative estimate of drug-likeness (QED) is 0.615. The summed E-state index contributed by atoms with van der Waals surface area (Å²) in [6.07, 6.45) is 21.7. The molecule has 0 radical (unpaired) electrons. The number of allylic oxidation sites excluding steroid dienone is 6. The van der Waals surface area contributed by atoms with Crippen LogP contribution in [0.2, 0.25) is 5.02 Å². The van der Waals surface area contributed by atoms with Crippen LogP contribution in [0.15, 0.2) is 72.5 Å². The molecule has 6 nitrogen and oxygen atoms in total. The summed E-state index contributed by atoms with van der Waals surface area (Å²) in [4.78, 5) is 24.7. The first-order valence-electron chi connectivity index (χ1n) is 12.5. The molecule has 0 N–H and O–H groups in total. The zero-order valence-electron chi connectivity index (χ0n) is 20.2. The molecule has 0 unspecified atom stereocenters. The Morgan fingerprint density at radius 1 is 1.09 bits per heavy atom. The summed E-state index contributed by atoms with van der Waals surface area (Å²) in [5.74, 6) is -0.0726.